The van der Waals surface area contributed by atoms with Gasteiger partial charge in [-0.1, -0.05) is 6.07 Å². The van der Waals surface area contributed by atoms with Gasteiger partial charge >= 0.3 is 0 Å². The van der Waals surface area contributed by atoms with E-state index in [0.29, 0.717) is 0 Å². The molecule has 1 aromatic carbocycles. The highest BCUT2D eigenvalue weighted by Crippen LogP contribution is 2.28. The maximum absolute atomic E-state index is 5.76. The van der Waals surface area contributed by atoms with Crippen LogP contribution in [0, 0.1) is 6.92 Å². The number of imidazole rings is 1. The second-order valence-corrected chi connectivity index (χ2v) is 6.44. The summed E-state index contributed by atoms with van der Waals surface area (Å²) in [6.45, 7) is 7.58. The minimum atomic E-state index is 0.122. The number of hydrogen-bond donors (Lipinski definition) is 1. The maximum atomic E-state index is 5.76. The molecule has 2 aromatic heterocycles. The topological polar surface area (TPSA) is 47.8 Å². The number of nitrogens with one attached hydrogen (secondary N) is 1. The Bertz CT molecular complexity index is 855. The number of benzene rings is 1. The van der Waals surface area contributed by atoms with E-state index in [1.165, 1.54) is 5.56 Å². The fourth-order valence-electron chi connectivity index (χ4n) is 2.77. The number of fused-ring (bicyclic) bond motifs is 1. The third-order valence-corrected chi connectivity index (χ3v) is 3.97. The van der Waals surface area contributed by atoms with E-state index >= 15 is 0 Å². The lowest BCUT2D eigenvalue weighted by molar-refractivity contribution is 0.230. The van der Waals surface area contributed by atoms with Crippen LogP contribution in [0.1, 0.15) is 30.7 Å². The van der Waals surface area contributed by atoms with E-state index in [1.807, 2.05) is 32.2 Å². The number of ether oxygens (including phenoxy) is 2. The lowest BCUT2D eigenvalue weighted by Crippen LogP contribution is -2.14. The van der Waals surface area contributed by atoms with Crippen LogP contribution in [0.15, 0.2) is 42.7 Å². The lowest BCUT2D eigenvalue weighted by atomic mass is 10.2. The summed E-state index contributed by atoms with van der Waals surface area (Å²) in [6.07, 6.45) is 4.11. The summed E-state index contributed by atoms with van der Waals surface area (Å²) in [5.74, 6) is 1.54. The molecule has 3 rings (SSSR count). The molecule has 0 fully saturated rings. The van der Waals surface area contributed by atoms with Gasteiger partial charge in [-0.15, -0.1) is 0 Å². The summed E-state index contributed by atoms with van der Waals surface area (Å²) < 4.78 is 13.3. The third-order valence-electron chi connectivity index (χ3n) is 3.97. The molecule has 0 unspecified atom stereocenters. The van der Waals surface area contributed by atoms with Gasteiger partial charge in [0.15, 0.2) is 11.5 Å². The molecular formula is C20H25N3O2. The van der Waals surface area contributed by atoms with E-state index in [1.54, 1.807) is 7.11 Å². The minimum Gasteiger partial charge on any atom is -0.493 e. The first-order chi connectivity index (χ1) is 12.1. The molecule has 0 aliphatic heterocycles. The van der Waals surface area contributed by atoms with E-state index in [0.717, 1.165) is 41.5 Å². The predicted molar refractivity (Wildman–Crippen MR) is 99.2 cm³/mol. The van der Waals surface area contributed by atoms with Crippen LogP contribution < -0.4 is 14.8 Å². The third kappa shape index (κ3) is 4.12. The molecule has 0 bridgehead atoms. The Hall–Kier alpha value is -2.53. The SMILES string of the molecule is COc1cc(CNCc2cnc3cc(C)ccn23)ccc1OC(C)C. The van der Waals surface area contributed by atoms with Crippen LogP contribution in [-0.4, -0.2) is 22.6 Å². The van der Waals surface area contributed by atoms with Gasteiger partial charge in [0.25, 0.3) is 0 Å². The van der Waals surface area contributed by atoms with Crippen molar-refractivity contribution >= 4 is 5.65 Å². The van der Waals surface area contributed by atoms with Gasteiger partial charge in [-0.3, -0.25) is 0 Å². The van der Waals surface area contributed by atoms with Crippen LogP contribution in [0.4, 0.5) is 0 Å². The van der Waals surface area contributed by atoms with E-state index in [9.17, 15) is 0 Å². The normalized spacial score (nSPS) is 11.2. The molecule has 5 heteroatoms. The van der Waals surface area contributed by atoms with Crippen LogP contribution in [0.3, 0.4) is 0 Å². The second-order valence-electron chi connectivity index (χ2n) is 6.44. The highest BCUT2D eigenvalue weighted by molar-refractivity contribution is 5.44. The monoisotopic (exact) mass is 339 g/mol. The van der Waals surface area contributed by atoms with Crippen molar-refractivity contribution in [3.05, 3.63) is 59.5 Å². The molecule has 0 atom stereocenters. The number of hydrogen-bond acceptors (Lipinski definition) is 4. The van der Waals surface area contributed by atoms with Gasteiger partial charge < -0.3 is 19.2 Å². The molecule has 0 saturated heterocycles. The van der Waals surface area contributed by atoms with Gasteiger partial charge in [0.2, 0.25) is 0 Å². The fourth-order valence-corrected chi connectivity index (χ4v) is 2.77. The molecule has 2 heterocycles. The van der Waals surface area contributed by atoms with E-state index in [2.05, 4.69) is 46.0 Å². The Kier molecular flexibility index (Phi) is 5.24. The standard InChI is InChI=1S/C20H25N3O2/c1-14(2)25-18-6-5-16(10-19(18)24-4)11-21-12-17-13-22-20-9-15(3)7-8-23(17)20/h5-10,13-14,21H,11-12H2,1-4H3. The highest BCUT2D eigenvalue weighted by Gasteiger charge is 2.08. The van der Waals surface area contributed by atoms with Gasteiger partial charge in [-0.25, -0.2) is 4.98 Å². The number of aromatic nitrogens is 2. The van der Waals surface area contributed by atoms with Crippen LogP contribution >= 0.6 is 0 Å². The minimum absolute atomic E-state index is 0.122. The molecule has 0 spiro atoms. The Balaban J connectivity index is 1.65. The smallest absolute Gasteiger partial charge is 0.161 e. The highest BCUT2D eigenvalue weighted by atomic mass is 16.5. The first kappa shape index (κ1) is 17.3. The predicted octanol–water partition coefficient (Wildman–Crippen LogP) is 3.73. The van der Waals surface area contributed by atoms with Crippen LogP contribution in [0.25, 0.3) is 5.65 Å². The maximum Gasteiger partial charge on any atom is 0.161 e. The van der Waals surface area contributed by atoms with Crippen molar-refractivity contribution in [2.75, 3.05) is 7.11 Å². The summed E-state index contributed by atoms with van der Waals surface area (Å²) in [7, 11) is 1.67. The molecule has 0 radical (unpaired) electrons. The zero-order chi connectivity index (χ0) is 17.8. The second kappa shape index (κ2) is 7.57. The van der Waals surface area contributed by atoms with Crippen molar-refractivity contribution in [3.8, 4) is 11.5 Å². The Morgan fingerprint density at radius 2 is 1.96 bits per heavy atom. The van der Waals surface area contributed by atoms with Gasteiger partial charge in [0, 0.05) is 19.3 Å². The lowest BCUT2D eigenvalue weighted by Gasteiger charge is -2.14. The van der Waals surface area contributed by atoms with E-state index < -0.39 is 0 Å². The number of methoxy groups -OCH3 is 1. The molecule has 1 N–H and O–H groups in total. The first-order valence-corrected chi connectivity index (χ1v) is 8.53. The summed E-state index contributed by atoms with van der Waals surface area (Å²) in [5.41, 5.74) is 4.49. The zero-order valence-corrected chi connectivity index (χ0v) is 15.2. The molecule has 0 amide bonds. The van der Waals surface area contributed by atoms with Crippen LogP contribution in [0.5, 0.6) is 11.5 Å². The summed E-state index contributed by atoms with van der Waals surface area (Å²) in [4.78, 5) is 4.46. The van der Waals surface area contributed by atoms with Crippen molar-refractivity contribution in [1.82, 2.24) is 14.7 Å². The van der Waals surface area contributed by atoms with Crippen molar-refractivity contribution in [3.63, 3.8) is 0 Å². The van der Waals surface area contributed by atoms with Crippen molar-refractivity contribution in [2.24, 2.45) is 0 Å². The van der Waals surface area contributed by atoms with Crippen LogP contribution in [0.2, 0.25) is 0 Å². The summed E-state index contributed by atoms with van der Waals surface area (Å²) >= 11 is 0. The van der Waals surface area contributed by atoms with E-state index in [-0.39, 0.29) is 6.10 Å². The number of rotatable bonds is 7. The number of aryl methyl sites for hydroxylation is 1. The van der Waals surface area contributed by atoms with Crippen LogP contribution in [-0.2, 0) is 13.1 Å². The molecule has 0 aliphatic rings. The van der Waals surface area contributed by atoms with Gasteiger partial charge in [0.1, 0.15) is 5.65 Å². The van der Waals surface area contributed by atoms with Crippen molar-refractivity contribution < 1.29 is 9.47 Å². The van der Waals surface area contributed by atoms with E-state index in [4.69, 9.17) is 9.47 Å². The van der Waals surface area contributed by atoms with Crippen molar-refractivity contribution in [1.29, 1.82) is 0 Å². The van der Waals surface area contributed by atoms with Gasteiger partial charge in [-0.2, -0.15) is 0 Å². The van der Waals surface area contributed by atoms with Gasteiger partial charge in [0.05, 0.1) is 25.1 Å². The first-order valence-electron chi connectivity index (χ1n) is 8.53. The molecule has 0 aliphatic carbocycles. The number of pyridine rings is 1. The molecule has 25 heavy (non-hydrogen) atoms. The fraction of sp³-hybridized carbons (Fsp3) is 0.350. The Morgan fingerprint density at radius 1 is 1.12 bits per heavy atom. The molecule has 0 saturated carbocycles. The zero-order valence-electron chi connectivity index (χ0n) is 15.2. The molecule has 3 aromatic rings. The molecule has 5 nitrogen and oxygen atoms in total. The average Bonchev–Trinajstić information content (AvgIpc) is 2.97. The number of nitrogens with zero attached hydrogens (tertiary/aromatic N) is 2. The Morgan fingerprint density at radius 3 is 2.72 bits per heavy atom. The quantitative estimate of drug-likeness (QED) is 0.712. The average molecular weight is 339 g/mol. The molecular weight excluding hydrogens is 314 g/mol. The summed E-state index contributed by atoms with van der Waals surface area (Å²) in [6, 6.07) is 10.2. The van der Waals surface area contributed by atoms with Crippen molar-refractivity contribution in [2.45, 2.75) is 40.0 Å². The largest absolute Gasteiger partial charge is 0.493 e. The Labute approximate surface area is 148 Å². The van der Waals surface area contributed by atoms with Gasteiger partial charge in [-0.05, 0) is 56.2 Å². The summed E-state index contributed by atoms with van der Waals surface area (Å²) in [5, 5.41) is 3.47. The molecule has 132 valence electrons.